The molecule has 2 aromatic rings. The topological polar surface area (TPSA) is 89.5 Å². The zero-order valence-electron chi connectivity index (χ0n) is 18.9. The maximum Gasteiger partial charge on any atom is 0.343 e. The molecule has 8 nitrogen and oxygen atoms in total. The van der Waals surface area contributed by atoms with E-state index in [-0.39, 0.29) is 11.3 Å². The zero-order chi connectivity index (χ0) is 23.5. The van der Waals surface area contributed by atoms with E-state index in [1.54, 1.807) is 36.4 Å². The molecule has 0 atom stereocenters. The van der Waals surface area contributed by atoms with Crippen LogP contribution in [0.4, 0.5) is 0 Å². The van der Waals surface area contributed by atoms with Crippen molar-refractivity contribution < 1.29 is 38.0 Å². The molecule has 0 aliphatic carbocycles. The van der Waals surface area contributed by atoms with Crippen molar-refractivity contribution >= 4 is 18.0 Å². The maximum absolute atomic E-state index is 12.9. The molecule has 0 radical (unpaired) electrons. The Balaban J connectivity index is 2.35. The van der Waals surface area contributed by atoms with Crippen molar-refractivity contribution in [2.75, 3.05) is 34.0 Å². The Hall–Kier alpha value is -3.68. The second-order valence-corrected chi connectivity index (χ2v) is 6.26. The second-order valence-electron chi connectivity index (χ2n) is 6.26. The highest BCUT2D eigenvalue weighted by atomic mass is 16.6. The summed E-state index contributed by atoms with van der Waals surface area (Å²) in [6.07, 6.45) is 2.85. The van der Waals surface area contributed by atoms with Crippen LogP contribution in [0.1, 0.15) is 36.7 Å². The van der Waals surface area contributed by atoms with Crippen LogP contribution >= 0.6 is 0 Å². The molecule has 8 heteroatoms. The zero-order valence-corrected chi connectivity index (χ0v) is 18.9. The van der Waals surface area contributed by atoms with Crippen LogP contribution in [0.3, 0.4) is 0 Å². The summed E-state index contributed by atoms with van der Waals surface area (Å²) in [5.41, 5.74) is 0.905. The van der Waals surface area contributed by atoms with E-state index in [1.165, 1.54) is 20.3 Å². The lowest BCUT2D eigenvalue weighted by Crippen LogP contribution is -2.11. The fourth-order valence-electron chi connectivity index (χ4n) is 2.77. The number of hydrogen-bond acceptors (Lipinski definition) is 8. The van der Waals surface area contributed by atoms with Gasteiger partial charge in [-0.15, -0.1) is 0 Å². The average molecular weight is 444 g/mol. The van der Waals surface area contributed by atoms with Gasteiger partial charge in [-0.2, -0.15) is 0 Å². The first-order valence-electron chi connectivity index (χ1n) is 10.2. The Morgan fingerprint density at radius 1 is 0.812 bits per heavy atom. The molecule has 0 saturated heterocycles. The highest BCUT2D eigenvalue weighted by molar-refractivity contribution is 5.93. The lowest BCUT2D eigenvalue weighted by atomic mass is 10.1. The summed E-state index contributed by atoms with van der Waals surface area (Å²) >= 11 is 0. The number of esters is 2. The van der Waals surface area contributed by atoms with Gasteiger partial charge < -0.3 is 28.4 Å². The number of methoxy groups -OCH3 is 2. The van der Waals surface area contributed by atoms with Crippen molar-refractivity contribution in [1.82, 2.24) is 0 Å². The van der Waals surface area contributed by atoms with Crippen LogP contribution in [0.15, 0.2) is 36.4 Å². The number of hydrogen-bond donors (Lipinski definition) is 0. The Morgan fingerprint density at radius 2 is 1.44 bits per heavy atom. The molecule has 0 heterocycles. The molecule has 0 saturated carbocycles. The largest absolute Gasteiger partial charge is 0.493 e. The minimum absolute atomic E-state index is 0.220. The van der Waals surface area contributed by atoms with E-state index in [9.17, 15) is 9.59 Å². The molecule has 0 aromatic heterocycles. The lowest BCUT2D eigenvalue weighted by Gasteiger charge is -2.17. The molecule has 0 amide bonds. The van der Waals surface area contributed by atoms with E-state index in [0.717, 1.165) is 0 Å². The van der Waals surface area contributed by atoms with E-state index in [0.29, 0.717) is 48.4 Å². The van der Waals surface area contributed by atoms with Crippen molar-refractivity contribution in [2.45, 2.75) is 20.8 Å². The number of benzene rings is 2. The van der Waals surface area contributed by atoms with Crippen LogP contribution in [0.25, 0.3) is 6.08 Å². The second kappa shape index (κ2) is 12.2. The molecular formula is C24H28O8. The van der Waals surface area contributed by atoms with Crippen molar-refractivity contribution in [1.29, 1.82) is 0 Å². The average Bonchev–Trinajstić information content (AvgIpc) is 2.80. The van der Waals surface area contributed by atoms with E-state index in [1.807, 2.05) is 20.8 Å². The standard InChI is InChI=1S/C24H28O8/c1-6-29-20-14-17(15-21(30-7-2)23(20)31-8-3)24(26)32-18-11-9-16(13-19(18)27-4)10-12-22(25)28-5/h9-15H,6-8H2,1-5H3/b12-10+. The molecule has 172 valence electrons. The Labute approximate surface area is 187 Å². The van der Waals surface area contributed by atoms with Crippen LogP contribution < -0.4 is 23.7 Å². The predicted molar refractivity (Wildman–Crippen MR) is 119 cm³/mol. The number of carbonyl (C=O) groups excluding carboxylic acids is 2. The smallest absolute Gasteiger partial charge is 0.343 e. The van der Waals surface area contributed by atoms with Crippen LogP contribution in [0.5, 0.6) is 28.7 Å². The van der Waals surface area contributed by atoms with Gasteiger partial charge in [0.15, 0.2) is 23.0 Å². The van der Waals surface area contributed by atoms with Gasteiger partial charge in [-0.25, -0.2) is 9.59 Å². The molecule has 2 aromatic carbocycles. The Morgan fingerprint density at radius 3 is 1.97 bits per heavy atom. The van der Waals surface area contributed by atoms with Gasteiger partial charge in [0.25, 0.3) is 0 Å². The third-order valence-electron chi connectivity index (χ3n) is 4.15. The lowest BCUT2D eigenvalue weighted by molar-refractivity contribution is -0.134. The quantitative estimate of drug-likeness (QED) is 0.288. The first-order chi connectivity index (χ1) is 15.5. The number of rotatable bonds is 11. The molecule has 0 bridgehead atoms. The fraction of sp³-hybridized carbons (Fsp3) is 0.333. The van der Waals surface area contributed by atoms with Crippen molar-refractivity contribution in [3.63, 3.8) is 0 Å². The monoisotopic (exact) mass is 444 g/mol. The molecule has 0 unspecified atom stereocenters. The fourth-order valence-corrected chi connectivity index (χ4v) is 2.77. The summed E-state index contributed by atoms with van der Waals surface area (Å²) < 4.78 is 32.4. The third-order valence-corrected chi connectivity index (χ3v) is 4.15. The van der Waals surface area contributed by atoms with Crippen molar-refractivity contribution in [3.05, 3.63) is 47.5 Å². The highest BCUT2D eigenvalue weighted by Gasteiger charge is 2.20. The van der Waals surface area contributed by atoms with Gasteiger partial charge in [-0.1, -0.05) is 6.07 Å². The number of carbonyl (C=O) groups is 2. The van der Waals surface area contributed by atoms with Gasteiger partial charge in [-0.05, 0) is 56.7 Å². The molecule has 0 aliphatic heterocycles. The maximum atomic E-state index is 12.9. The Bertz CT molecular complexity index is 937. The summed E-state index contributed by atoms with van der Waals surface area (Å²) in [6, 6.07) is 8.01. The molecule has 2 rings (SSSR count). The van der Waals surface area contributed by atoms with Crippen LogP contribution in [-0.2, 0) is 9.53 Å². The summed E-state index contributed by atoms with van der Waals surface area (Å²) in [5, 5.41) is 0. The van der Waals surface area contributed by atoms with E-state index < -0.39 is 11.9 Å². The molecule has 0 fully saturated rings. The van der Waals surface area contributed by atoms with E-state index in [2.05, 4.69) is 4.74 Å². The van der Waals surface area contributed by atoms with Gasteiger partial charge in [0.2, 0.25) is 5.75 Å². The van der Waals surface area contributed by atoms with Gasteiger partial charge in [0, 0.05) is 6.08 Å². The summed E-state index contributed by atoms with van der Waals surface area (Å²) in [6.45, 7) is 6.71. The summed E-state index contributed by atoms with van der Waals surface area (Å²) in [4.78, 5) is 24.2. The Kier molecular flexibility index (Phi) is 9.41. The molecule has 32 heavy (non-hydrogen) atoms. The van der Waals surface area contributed by atoms with Gasteiger partial charge in [-0.3, -0.25) is 0 Å². The normalized spacial score (nSPS) is 10.5. The van der Waals surface area contributed by atoms with Gasteiger partial charge in [0.1, 0.15) is 0 Å². The third kappa shape index (κ3) is 6.41. The van der Waals surface area contributed by atoms with Crippen molar-refractivity contribution in [2.24, 2.45) is 0 Å². The van der Waals surface area contributed by atoms with Gasteiger partial charge in [0.05, 0.1) is 39.6 Å². The minimum atomic E-state index is -0.619. The minimum Gasteiger partial charge on any atom is -0.493 e. The predicted octanol–water partition coefficient (Wildman–Crippen LogP) is 4.30. The van der Waals surface area contributed by atoms with Crippen molar-refractivity contribution in [3.8, 4) is 28.7 Å². The molecule has 0 N–H and O–H groups in total. The van der Waals surface area contributed by atoms with Crippen LogP contribution in [0.2, 0.25) is 0 Å². The SMILES string of the molecule is CCOc1cc(C(=O)Oc2ccc(/C=C/C(=O)OC)cc2OC)cc(OCC)c1OCC. The van der Waals surface area contributed by atoms with Crippen LogP contribution in [0, 0.1) is 0 Å². The summed E-state index contributed by atoms with van der Waals surface area (Å²) in [7, 11) is 2.75. The van der Waals surface area contributed by atoms with Crippen LogP contribution in [-0.4, -0.2) is 46.0 Å². The molecular weight excluding hydrogens is 416 g/mol. The van der Waals surface area contributed by atoms with E-state index in [4.69, 9.17) is 23.7 Å². The summed E-state index contributed by atoms with van der Waals surface area (Å²) in [5.74, 6) is 0.664. The van der Waals surface area contributed by atoms with E-state index >= 15 is 0 Å². The molecule has 0 aliphatic rings. The first-order valence-corrected chi connectivity index (χ1v) is 10.2. The number of ether oxygens (including phenoxy) is 6. The molecule has 0 spiro atoms. The van der Waals surface area contributed by atoms with Gasteiger partial charge >= 0.3 is 11.9 Å². The highest BCUT2D eigenvalue weighted by Crippen LogP contribution is 2.39. The first kappa shape index (κ1) is 24.6.